The molecule has 0 spiro atoms. The molecule has 29 heavy (non-hydrogen) atoms. The highest BCUT2D eigenvalue weighted by atomic mass is 35.5. The van der Waals surface area contributed by atoms with E-state index in [4.69, 9.17) is 11.6 Å². The number of rotatable bonds is 7. The van der Waals surface area contributed by atoms with Crippen molar-refractivity contribution in [3.05, 3.63) is 58.4 Å². The topological polar surface area (TPSA) is 56.0 Å². The number of aliphatic hydroxyl groups excluding tert-OH is 1. The molecule has 3 rings (SSSR count). The molecule has 0 aliphatic carbocycles. The Bertz CT molecular complexity index is 834. The first-order valence-corrected chi connectivity index (χ1v) is 10.6. The summed E-state index contributed by atoms with van der Waals surface area (Å²) in [5.41, 5.74) is 3.90. The third kappa shape index (κ3) is 5.98. The molecule has 0 radical (unpaired) electrons. The van der Waals surface area contributed by atoms with Crippen LogP contribution in [0.15, 0.2) is 41.5 Å². The van der Waals surface area contributed by atoms with Gasteiger partial charge in [0.05, 0.1) is 24.2 Å². The SMILES string of the molecule is CCNC(=NCC(O)CN1CCc2ccccc2C1)N(C)Cc1cc(Cl)cn1C. The first kappa shape index (κ1) is 21.7. The van der Waals surface area contributed by atoms with Crippen molar-refractivity contribution in [2.45, 2.75) is 32.5 Å². The van der Waals surface area contributed by atoms with E-state index in [0.29, 0.717) is 19.6 Å². The zero-order valence-electron chi connectivity index (χ0n) is 17.6. The Hall–Kier alpha value is -2.02. The van der Waals surface area contributed by atoms with E-state index < -0.39 is 6.10 Å². The fourth-order valence-electron chi connectivity index (χ4n) is 3.77. The van der Waals surface area contributed by atoms with Gasteiger partial charge in [0.1, 0.15) is 0 Å². The van der Waals surface area contributed by atoms with Crippen LogP contribution in [0, 0.1) is 0 Å². The highest BCUT2D eigenvalue weighted by Crippen LogP contribution is 2.18. The van der Waals surface area contributed by atoms with Gasteiger partial charge in [0, 0.05) is 52.2 Å². The third-order valence-corrected chi connectivity index (χ3v) is 5.51. The van der Waals surface area contributed by atoms with E-state index in [9.17, 15) is 5.11 Å². The summed E-state index contributed by atoms with van der Waals surface area (Å²) in [6.07, 6.45) is 2.44. The maximum Gasteiger partial charge on any atom is 0.194 e. The second kappa shape index (κ2) is 10.1. The number of fused-ring (bicyclic) bond motifs is 1. The van der Waals surface area contributed by atoms with Crippen molar-refractivity contribution >= 4 is 17.6 Å². The normalized spacial score (nSPS) is 15.8. The van der Waals surface area contributed by atoms with Gasteiger partial charge in [0.25, 0.3) is 0 Å². The number of aromatic nitrogens is 1. The minimum atomic E-state index is -0.494. The van der Waals surface area contributed by atoms with Crippen LogP contribution in [0.5, 0.6) is 0 Å². The van der Waals surface area contributed by atoms with Gasteiger partial charge in [-0.1, -0.05) is 35.9 Å². The second-order valence-corrected chi connectivity index (χ2v) is 8.16. The molecule has 6 nitrogen and oxygen atoms in total. The van der Waals surface area contributed by atoms with Crippen molar-refractivity contribution in [2.24, 2.45) is 12.0 Å². The van der Waals surface area contributed by atoms with Crippen molar-refractivity contribution in [2.75, 3.05) is 33.2 Å². The Morgan fingerprint density at radius 3 is 2.79 bits per heavy atom. The molecule has 1 unspecified atom stereocenters. The Morgan fingerprint density at radius 2 is 2.10 bits per heavy atom. The molecular formula is C22H32ClN5O. The average molecular weight is 418 g/mol. The van der Waals surface area contributed by atoms with Crippen LogP contribution in [0.3, 0.4) is 0 Å². The van der Waals surface area contributed by atoms with Crippen molar-refractivity contribution in [3.8, 4) is 0 Å². The zero-order valence-corrected chi connectivity index (χ0v) is 18.4. The largest absolute Gasteiger partial charge is 0.390 e. The number of halogens is 1. The molecule has 0 bridgehead atoms. The Morgan fingerprint density at radius 1 is 1.34 bits per heavy atom. The number of aliphatic imine (C=N–C) groups is 1. The molecule has 0 saturated carbocycles. The number of hydrogen-bond acceptors (Lipinski definition) is 3. The van der Waals surface area contributed by atoms with E-state index in [1.54, 1.807) is 0 Å². The van der Waals surface area contributed by atoms with Gasteiger partial charge in [-0.15, -0.1) is 0 Å². The van der Waals surface area contributed by atoms with Crippen molar-refractivity contribution in [1.29, 1.82) is 0 Å². The lowest BCUT2D eigenvalue weighted by Gasteiger charge is -2.30. The van der Waals surface area contributed by atoms with Gasteiger partial charge < -0.3 is 19.9 Å². The molecule has 2 N–H and O–H groups in total. The number of aliphatic hydroxyl groups is 1. The van der Waals surface area contributed by atoms with Crippen molar-refractivity contribution < 1.29 is 5.11 Å². The van der Waals surface area contributed by atoms with Crippen molar-refractivity contribution in [3.63, 3.8) is 0 Å². The van der Waals surface area contributed by atoms with Gasteiger partial charge in [-0.2, -0.15) is 0 Å². The smallest absolute Gasteiger partial charge is 0.194 e. The first-order chi connectivity index (χ1) is 14.0. The van der Waals surface area contributed by atoms with Gasteiger partial charge >= 0.3 is 0 Å². The summed E-state index contributed by atoms with van der Waals surface area (Å²) in [6, 6.07) is 10.5. The second-order valence-electron chi connectivity index (χ2n) is 7.72. The monoisotopic (exact) mass is 417 g/mol. The Labute approximate surface area is 178 Å². The Balaban J connectivity index is 1.55. The van der Waals surface area contributed by atoms with E-state index in [2.05, 4.69) is 44.4 Å². The first-order valence-electron chi connectivity index (χ1n) is 10.2. The van der Waals surface area contributed by atoms with Crippen LogP contribution < -0.4 is 5.32 Å². The van der Waals surface area contributed by atoms with Gasteiger partial charge in [0.2, 0.25) is 0 Å². The predicted molar refractivity (Wildman–Crippen MR) is 119 cm³/mol. The van der Waals surface area contributed by atoms with Crippen LogP contribution >= 0.6 is 11.6 Å². The molecule has 158 valence electrons. The minimum absolute atomic E-state index is 0.374. The van der Waals surface area contributed by atoms with E-state index in [1.165, 1.54) is 11.1 Å². The van der Waals surface area contributed by atoms with Gasteiger partial charge in [0.15, 0.2) is 5.96 Å². The zero-order chi connectivity index (χ0) is 20.8. The molecule has 0 saturated heterocycles. The summed E-state index contributed by atoms with van der Waals surface area (Å²) in [7, 11) is 3.98. The fraction of sp³-hybridized carbons (Fsp3) is 0.500. The summed E-state index contributed by atoms with van der Waals surface area (Å²) >= 11 is 6.09. The van der Waals surface area contributed by atoms with E-state index in [1.807, 2.05) is 37.8 Å². The molecular weight excluding hydrogens is 386 g/mol. The van der Waals surface area contributed by atoms with Crippen LogP contribution in [0.2, 0.25) is 5.02 Å². The predicted octanol–water partition coefficient (Wildman–Crippen LogP) is 2.50. The van der Waals surface area contributed by atoms with Gasteiger partial charge in [-0.05, 0) is 30.5 Å². The molecule has 0 amide bonds. The minimum Gasteiger partial charge on any atom is -0.390 e. The molecule has 1 aliphatic rings. The number of benzene rings is 1. The summed E-state index contributed by atoms with van der Waals surface area (Å²) in [4.78, 5) is 9.03. The summed E-state index contributed by atoms with van der Waals surface area (Å²) in [5.74, 6) is 0.785. The summed E-state index contributed by atoms with van der Waals surface area (Å²) in [5, 5.41) is 14.6. The maximum absolute atomic E-state index is 10.6. The van der Waals surface area contributed by atoms with Crippen LogP contribution in [-0.2, 0) is 26.6 Å². The third-order valence-electron chi connectivity index (χ3n) is 5.30. The molecule has 1 aliphatic heterocycles. The lowest BCUT2D eigenvalue weighted by Crippen LogP contribution is -2.41. The van der Waals surface area contributed by atoms with Crippen LogP contribution in [-0.4, -0.2) is 64.8 Å². The standard InChI is InChI=1S/C22H32ClN5O/c1-4-24-22(27(3)15-20-11-19(23)14-26(20)2)25-12-21(29)16-28-10-9-17-7-5-6-8-18(17)13-28/h5-8,11,14,21,29H,4,9-10,12-13,15-16H2,1-3H3,(H,24,25). The molecule has 1 atom stereocenters. The Kier molecular flexibility index (Phi) is 7.58. The molecule has 7 heteroatoms. The van der Waals surface area contributed by atoms with E-state index in [-0.39, 0.29) is 0 Å². The van der Waals surface area contributed by atoms with E-state index in [0.717, 1.165) is 42.7 Å². The molecule has 1 aromatic heterocycles. The number of β-amino-alcohol motifs (C(OH)–C–C–N with tert-alkyl or cyclic N) is 1. The van der Waals surface area contributed by atoms with E-state index >= 15 is 0 Å². The quantitative estimate of drug-likeness (QED) is 0.537. The number of guanidine groups is 1. The van der Waals surface area contributed by atoms with Crippen LogP contribution in [0.1, 0.15) is 23.7 Å². The number of nitrogens with zero attached hydrogens (tertiary/aromatic N) is 4. The van der Waals surface area contributed by atoms with Gasteiger partial charge in [-0.25, -0.2) is 0 Å². The fourth-order valence-corrected chi connectivity index (χ4v) is 4.04. The lowest BCUT2D eigenvalue weighted by molar-refractivity contribution is 0.111. The molecule has 2 heterocycles. The lowest BCUT2D eigenvalue weighted by atomic mass is 10.00. The number of nitrogens with one attached hydrogen (secondary N) is 1. The maximum atomic E-state index is 10.6. The van der Waals surface area contributed by atoms with Crippen LogP contribution in [0.4, 0.5) is 0 Å². The molecule has 0 fully saturated rings. The number of hydrogen-bond donors (Lipinski definition) is 2. The van der Waals surface area contributed by atoms with Gasteiger partial charge in [-0.3, -0.25) is 9.89 Å². The summed E-state index contributed by atoms with van der Waals surface area (Å²) < 4.78 is 2.02. The molecule has 2 aromatic rings. The molecule has 1 aromatic carbocycles. The average Bonchev–Trinajstić information content (AvgIpc) is 3.01. The highest BCUT2D eigenvalue weighted by molar-refractivity contribution is 6.30. The highest BCUT2D eigenvalue weighted by Gasteiger charge is 2.18. The van der Waals surface area contributed by atoms with Crippen molar-refractivity contribution in [1.82, 2.24) is 19.7 Å². The van der Waals surface area contributed by atoms with Crippen LogP contribution in [0.25, 0.3) is 0 Å². The number of aryl methyl sites for hydroxylation is 1. The summed E-state index contributed by atoms with van der Waals surface area (Å²) in [6.45, 7) is 6.39.